The van der Waals surface area contributed by atoms with E-state index in [1.54, 1.807) is 26.4 Å². The number of nitrogens with zero attached hydrogens (tertiary/aromatic N) is 4. The number of nitrogens with one attached hydrogen (secondary N) is 1. The highest BCUT2D eigenvalue weighted by Gasteiger charge is 2.33. The molecule has 0 saturated carbocycles. The van der Waals surface area contributed by atoms with E-state index in [1.807, 2.05) is 23.1 Å². The van der Waals surface area contributed by atoms with Crippen LogP contribution in [-0.4, -0.2) is 72.7 Å². The Hall–Kier alpha value is -3.37. The first kappa shape index (κ1) is 25.3. The van der Waals surface area contributed by atoms with Crippen LogP contribution in [0, 0.1) is 11.7 Å². The van der Waals surface area contributed by atoms with Gasteiger partial charge in [0.05, 0.1) is 19.7 Å². The average molecular weight is 542 g/mol. The lowest BCUT2D eigenvalue weighted by atomic mass is 10.1. The van der Waals surface area contributed by atoms with Gasteiger partial charge in [-0.2, -0.15) is 0 Å². The van der Waals surface area contributed by atoms with Gasteiger partial charge >= 0.3 is 0 Å². The number of anilines is 2. The lowest BCUT2D eigenvalue weighted by molar-refractivity contribution is -0.131. The van der Waals surface area contributed by atoms with Gasteiger partial charge < -0.3 is 24.6 Å². The molecule has 0 bridgehead atoms. The first-order valence-corrected chi connectivity index (χ1v) is 12.9. The SMILES string of the molecule is COc1cc2nc(=S)n3c(c2cc1OC)NC(CCC(=O)N1CCN(c2cc(Cl)ccc2C)CC1)C3=O. The van der Waals surface area contributed by atoms with Gasteiger partial charge in [-0.15, -0.1) is 0 Å². The fourth-order valence-corrected chi connectivity index (χ4v) is 5.44. The summed E-state index contributed by atoms with van der Waals surface area (Å²) in [5, 5.41) is 4.67. The van der Waals surface area contributed by atoms with E-state index in [-0.39, 0.29) is 23.0 Å². The summed E-state index contributed by atoms with van der Waals surface area (Å²) >= 11 is 11.6. The van der Waals surface area contributed by atoms with E-state index in [2.05, 4.69) is 22.1 Å². The fraction of sp³-hybridized carbons (Fsp3) is 0.385. The molecule has 1 aromatic heterocycles. The maximum Gasteiger partial charge on any atom is 0.257 e. The lowest BCUT2D eigenvalue weighted by Gasteiger charge is -2.37. The molecule has 0 radical (unpaired) electrons. The third-order valence-electron chi connectivity index (χ3n) is 7.01. The molecule has 3 heterocycles. The van der Waals surface area contributed by atoms with Crippen molar-refractivity contribution in [1.82, 2.24) is 14.5 Å². The van der Waals surface area contributed by atoms with E-state index in [0.29, 0.717) is 52.8 Å². The first-order chi connectivity index (χ1) is 17.8. The molecular weight excluding hydrogens is 514 g/mol. The number of methoxy groups -OCH3 is 2. The van der Waals surface area contributed by atoms with Crippen molar-refractivity contribution in [3.8, 4) is 11.5 Å². The van der Waals surface area contributed by atoms with Gasteiger partial charge in [-0.1, -0.05) is 17.7 Å². The summed E-state index contributed by atoms with van der Waals surface area (Å²) < 4.78 is 12.4. The van der Waals surface area contributed by atoms with Crippen LogP contribution >= 0.6 is 23.8 Å². The quantitative estimate of drug-likeness (QED) is 0.462. The minimum absolute atomic E-state index is 0.0333. The number of benzene rings is 2. The number of carbonyl (C=O) groups excluding carboxylic acids is 2. The van der Waals surface area contributed by atoms with E-state index in [1.165, 1.54) is 4.57 Å². The normalized spacial score (nSPS) is 17.1. The Morgan fingerprint density at radius 1 is 1.14 bits per heavy atom. The Balaban J connectivity index is 1.25. The van der Waals surface area contributed by atoms with Gasteiger partial charge in [-0.3, -0.25) is 9.59 Å². The van der Waals surface area contributed by atoms with E-state index < -0.39 is 6.04 Å². The number of piperazine rings is 1. The molecule has 1 saturated heterocycles. The van der Waals surface area contributed by atoms with Gasteiger partial charge in [0.25, 0.3) is 5.91 Å². The molecule has 11 heteroatoms. The topological polar surface area (TPSA) is 88.9 Å². The van der Waals surface area contributed by atoms with E-state index >= 15 is 0 Å². The smallest absolute Gasteiger partial charge is 0.257 e. The van der Waals surface area contributed by atoms with Crippen LogP contribution in [0.1, 0.15) is 23.2 Å². The molecule has 2 aliphatic rings. The van der Waals surface area contributed by atoms with Crippen molar-refractivity contribution < 1.29 is 19.1 Å². The lowest BCUT2D eigenvalue weighted by Crippen LogP contribution is -2.49. The number of rotatable bonds is 6. The van der Waals surface area contributed by atoms with Gasteiger partial charge in [0.2, 0.25) is 10.7 Å². The van der Waals surface area contributed by atoms with Crippen LogP contribution in [-0.2, 0) is 4.79 Å². The predicted octanol–water partition coefficient (Wildman–Crippen LogP) is 4.31. The largest absolute Gasteiger partial charge is 0.493 e. The number of hydrogen-bond acceptors (Lipinski definition) is 8. The number of hydrogen-bond donors (Lipinski definition) is 1. The van der Waals surface area contributed by atoms with Crippen LogP contribution in [0.2, 0.25) is 5.02 Å². The second-order valence-corrected chi connectivity index (χ2v) is 9.98. The molecule has 2 aromatic carbocycles. The Bertz CT molecular complexity index is 1450. The zero-order valence-corrected chi connectivity index (χ0v) is 22.5. The number of aromatic nitrogens is 2. The third kappa shape index (κ3) is 4.71. The maximum absolute atomic E-state index is 13.2. The van der Waals surface area contributed by atoms with Crippen LogP contribution < -0.4 is 19.7 Å². The van der Waals surface area contributed by atoms with E-state index in [9.17, 15) is 9.59 Å². The zero-order valence-electron chi connectivity index (χ0n) is 20.9. The van der Waals surface area contributed by atoms with Crippen LogP contribution in [0.4, 0.5) is 11.5 Å². The van der Waals surface area contributed by atoms with Crippen molar-refractivity contribution in [2.45, 2.75) is 25.8 Å². The molecule has 1 unspecified atom stereocenters. The Morgan fingerprint density at radius 3 is 2.54 bits per heavy atom. The molecule has 1 N–H and O–H groups in total. The summed E-state index contributed by atoms with van der Waals surface area (Å²) in [5.74, 6) is 1.43. The molecular formula is C26H28ClN5O4S. The van der Waals surface area contributed by atoms with Crippen LogP contribution in [0.3, 0.4) is 0 Å². The van der Waals surface area contributed by atoms with Crippen LogP contribution in [0.15, 0.2) is 30.3 Å². The summed E-state index contributed by atoms with van der Waals surface area (Å²) in [4.78, 5) is 34.7. The van der Waals surface area contributed by atoms with Crippen molar-refractivity contribution in [1.29, 1.82) is 0 Å². The number of aryl methyl sites for hydroxylation is 1. The second kappa shape index (κ2) is 10.2. The summed E-state index contributed by atoms with van der Waals surface area (Å²) in [7, 11) is 3.10. The summed E-state index contributed by atoms with van der Waals surface area (Å²) in [5.41, 5.74) is 2.86. The predicted molar refractivity (Wildman–Crippen MR) is 146 cm³/mol. The molecule has 0 spiro atoms. The van der Waals surface area contributed by atoms with Gasteiger partial charge in [-0.25, -0.2) is 9.55 Å². The van der Waals surface area contributed by atoms with Crippen molar-refractivity contribution >= 4 is 58.0 Å². The molecule has 5 rings (SSSR count). The second-order valence-electron chi connectivity index (χ2n) is 9.18. The Labute approximate surface area is 224 Å². The molecule has 1 atom stereocenters. The Morgan fingerprint density at radius 2 is 1.84 bits per heavy atom. The first-order valence-electron chi connectivity index (χ1n) is 12.1. The van der Waals surface area contributed by atoms with Crippen molar-refractivity contribution in [3.63, 3.8) is 0 Å². The standard InChI is InChI=1S/C26H28ClN5O4S/c1-15-4-5-16(27)12-20(15)30-8-10-31(11-9-30)23(33)7-6-18-25(34)32-24(28-18)17-13-21(35-2)22(36-3)14-19(17)29-26(32)37/h4-5,12-14,18,28H,6-11H2,1-3H3. The molecule has 2 aliphatic heterocycles. The fourth-order valence-electron chi connectivity index (χ4n) is 4.99. The van der Waals surface area contributed by atoms with Crippen LogP contribution in [0.25, 0.3) is 10.9 Å². The molecule has 1 fully saturated rings. The minimum Gasteiger partial charge on any atom is -0.493 e. The van der Waals surface area contributed by atoms with Gasteiger partial charge in [0.15, 0.2) is 11.5 Å². The van der Waals surface area contributed by atoms with E-state index in [4.69, 9.17) is 33.3 Å². The number of carbonyl (C=O) groups is 2. The van der Waals surface area contributed by atoms with Crippen LogP contribution in [0.5, 0.6) is 11.5 Å². The number of ether oxygens (including phenoxy) is 2. The summed E-state index contributed by atoms with van der Waals surface area (Å²) in [6.07, 6.45) is 0.611. The summed E-state index contributed by atoms with van der Waals surface area (Å²) in [6, 6.07) is 8.81. The Kier molecular flexibility index (Phi) is 6.96. The highest BCUT2D eigenvalue weighted by molar-refractivity contribution is 7.71. The van der Waals surface area contributed by atoms with Crippen molar-refractivity contribution in [3.05, 3.63) is 45.7 Å². The van der Waals surface area contributed by atoms with Gasteiger partial charge in [0, 0.05) is 54.8 Å². The molecule has 3 aromatic rings. The highest BCUT2D eigenvalue weighted by atomic mass is 35.5. The average Bonchev–Trinajstić information content (AvgIpc) is 3.24. The molecule has 1 amide bonds. The van der Waals surface area contributed by atoms with Gasteiger partial charge in [0.1, 0.15) is 11.9 Å². The van der Waals surface area contributed by atoms with Gasteiger partial charge in [-0.05, 0) is 49.3 Å². The molecule has 0 aliphatic carbocycles. The van der Waals surface area contributed by atoms with E-state index in [0.717, 1.165) is 24.3 Å². The maximum atomic E-state index is 13.2. The summed E-state index contributed by atoms with van der Waals surface area (Å²) in [6.45, 7) is 4.77. The monoisotopic (exact) mass is 541 g/mol. The molecule has 37 heavy (non-hydrogen) atoms. The third-order valence-corrected chi connectivity index (χ3v) is 7.52. The number of halogens is 1. The minimum atomic E-state index is -0.568. The van der Waals surface area contributed by atoms with Crippen molar-refractivity contribution in [2.24, 2.45) is 0 Å². The zero-order chi connectivity index (χ0) is 26.3. The number of fused-ring (bicyclic) bond motifs is 3. The highest BCUT2D eigenvalue weighted by Crippen LogP contribution is 2.37. The molecule has 9 nitrogen and oxygen atoms in total. The number of amides is 1. The molecule has 194 valence electrons. The van der Waals surface area contributed by atoms with Crippen molar-refractivity contribution in [2.75, 3.05) is 50.6 Å².